The van der Waals surface area contributed by atoms with Gasteiger partial charge in [-0.25, -0.2) is 15.0 Å². The first-order valence-electron chi connectivity index (χ1n) is 10.9. The Hall–Kier alpha value is -2.78. The van der Waals surface area contributed by atoms with Gasteiger partial charge in [0.15, 0.2) is 17.7 Å². The molecule has 1 amide bonds. The molecule has 0 aromatic carbocycles. The van der Waals surface area contributed by atoms with Gasteiger partial charge in [0.25, 0.3) is 0 Å². The van der Waals surface area contributed by atoms with Crippen LogP contribution >= 0.6 is 11.8 Å². The molecule has 0 spiro atoms. The smallest absolute Gasteiger partial charge is 0.236 e. The van der Waals surface area contributed by atoms with Gasteiger partial charge in [-0.1, -0.05) is 0 Å². The van der Waals surface area contributed by atoms with Crippen LogP contribution in [0.3, 0.4) is 0 Å². The van der Waals surface area contributed by atoms with Crippen molar-refractivity contribution in [3.8, 4) is 0 Å². The topological polar surface area (TPSA) is 192 Å². The number of nitrogens with two attached hydrogens (primary N) is 2. The number of thioether (sulfide) groups is 1. The molecule has 34 heavy (non-hydrogen) atoms. The SMILES string of the molecule is Cn1cc(CCNC(=O)[C@@H](N)CCSC[C@H]2O[C@@H](n3cnc4c(N)ncnc43)[C@H](O)[C@@H]2O)cn1. The molecule has 3 aromatic heterocycles. The summed E-state index contributed by atoms with van der Waals surface area (Å²) in [6.07, 6.45) is 3.89. The Labute approximate surface area is 199 Å². The van der Waals surface area contributed by atoms with Gasteiger partial charge in [-0.15, -0.1) is 0 Å². The van der Waals surface area contributed by atoms with Crippen LogP contribution in [0, 0.1) is 0 Å². The number of aromatic nitrogens is 6. The molecule has 0 saturated carbocycles. The minimum Gasteiger partial charge on any atom is -0.387 e. The molecule has 3 aromatic rings. The Morgan fingerprint density at radius 2 is 2.15 bits per heavy atom. The van der Waals surface area contributed by atoms with Crippen molar-refractivity contribution in [2.45, 2.75) is 43.4 Å². The highest BCUT2D eigenvalue weighted by molar-refractivity contribution is 7.99. The van der Waals surface area contributed by atoms with Crippen LogP contribution < -0.4 is 16.8 Å². The van der Waals surface area contributed by atoms with E-state index in [0.717, 1.165) is 5.56 Å². The maximum atomic E-state index is 12.2. The van der Waals surface area contributed by atoms with E-state index in [2.05, 4.69) is 25.4 Å². The van der Waals surface area contributed by atoms with Gasteiger partial charge in [0.1, 0.15) is 24.1 Å². The zero-order valence-electron chi connectivity index (χ0n) is 18.7. The van der Waals surface area contributed by atoms with Crippen molar-refractivity contribution in [1.82, 2.24) is 34.6 Å². The number of anilines is 1. The van der Waals surface area contributed by atoms with E-state index in [9.17, 15) is 15.0 Å². The third-order valence-corrected chi connectivity index (χ3v) is 6.75. The van der Waals surface area contributed by atoms with E-state index in [-0.39, 0.29) is 11.7 Å². The van der Waals surface area contributed by atoms with Crippen molar-refractivity contribution in [2.75, 3.05) is 23.8 Å². The zero-order valence-corrected chi connectivity index (χ0v) is 19.5. The lowest BCUT2D eigenvalue weighted by Gasteiger charge is -2.16. The molecule has 14 heteroatoms. The molecule has 0 aliphatic carbocycles. The number of amides is 1. The molecule has 4 rings (SSSR count). The fourth-order valence-electron chi connectivity index (χ4n) is 3.76. The predicted octanol–water partition coefficient (Wildman–Crippen LogP) is -1.43. The van der Waals surface area contributed by atoms with Crippen LogP contribution in [0.5, 0.6) is 0 Å². The van der Waals surface area contributed by atoms with Crippen molar-refractivity contribution < 1.29 is 19.7 Å². The Morgan fingerprint density at radius 1 is 1.32 bits per heavy atom. The number of aliphatic hydroxyl groups is 2. The number of ether oxygens (including phenoxy) is 1. The predicted molar refractivity (Wildman–Crippen MR) is 125 cm³/mol. The van der Waals surface area contributed by atoms with E-state index in [1.54, 1.807) is 10.9 Å². The van der Waals surface area contributed by atoms with Gasteiger partial charge in [-0.2, -0.15) is 16.9 Å². The van der Waals surface area contributed by atoms with Gasteiger partial charge in [0.05, 0.1) is 24.7 Å². The third-order valence-electron chi connectivity index (χ3n) is 5.66. The highest BCUT2D eigenvalue weighted by Crippen LogP contribution is 2.33. The standard InChI is InChI=1S/C20H29N9O4S/c1-28-7-11(6-27-28)2-4-23-19(32)12(21)3-5-34-8-13-15(30)16(31)20(33-13)29-10-26-14-17(22)24-9-25-18(14)29/h6-7,9-10,12-13,15-16,20,30-31H,2-5,8,21H2,1H3,(H,23,32)(H2,22,24,25)/t12-,13+,15+,16+,20+/m0/s1. The lowest BCUT2D eigenvalue weighted by molar-refractivity contribution is -0.122. The van der Waals surface area contributed by atoms with E-state index < -0.39 is 30.6 Å². The average Bonchev–Trinajstić information content (AvgIpc) is 3.50. The monoisotopic (exact) mass is 491 g/mol. The van der Waals surface area contributed by atoms with Crippen molar-refractivity contribution >= 4 is 34.7 Å². The molecule has 1 fully saturated rings. The second-order valence-electron chi connectivity index (χ2n) is 8.16. The van der Waals surface area contributed by atoms with Crippen molar-refractivity contribution in [3.63, 3.8) is 0 Å². The fourth-order valence-corrected chi connectivity index (χ4v) is 4.85. The van der Waals surface area contributed by atoms with Crippen molar-refractivity contribution in [1.29, 1.82) is 0 Å². The summed E-state index contributed by atoms with van der Waals surface area (Å²) in [4.78, 5) is 24.4. The summed E-state index contributed by atoms with van der Waals surface area (Å²) in [6.45, 7) is 0.492. The van der Waals surface area contributed by atoms with Crippen LogP contribution in [0.25, 0.3) is 11.2 Å². The maximum absolute atomic E-state index is 12.2. The molecule has 0 unspecified atom stereocenters. The number of carbonyl (C=O) groups is 1. The van der Waals surface area contributed by atoms with Gasteiger partial charge in [-0.3, -0.25) is 14.0 Å². The Balaban J connectivity index is 1.21. The number of aliphatic hydroxyl groups excluding tert-OH is 2. The van der Waals surface area contributed by atoms with Crippen molar-refractivity contribution in [2.24, 2.45) is 12.8 Å². The van der Waals surface area contributed by atoms with E-state index in [0.29, 0.717) is 42.1 Å². The van der Waals surface area contributed by atoms with Crippen LogP contribution in [-0.4, -0.2) is 87.8 Å². The second kappa shape index (κ2) is 10.7. The number of rotatable bonds is 10. The normalized spacial score (nSPS) is 23.4. The third kappa shape index (κ3) is 5.31. The number of carbonyl (C=O) groups excluding carboxylic acids is 1. The molecule has 1 aliphatic rings. The number of nitrogens with zero attached hydrogens (tertiary/aromatic N) is 6. The number of imidazole rings is 1. The van der Waals surface area contributed by atoms with E-state index in [1.165, 1.54) is 29.0 Å². The molecular weight excluding hydrogens is 462 g/mol. The van der Waals surface area contributed by atoms with Gasteiger partial charge in [0.2, 0.25) is 5.91 Å². The molecule has 5 atom stereocenters. The Morgan fingerprint density at radius 3 is 2.91 bits per heavy atom. The summed E-state index contributed by atoms with van der Waals surface area (Å²) in [5.41, 5.74) is 13.7. The number of nitrogen functional groups attached to an aromatic ring is 1. The number of nitrogens with one attached hydrogen (secondary N) is 1. The van der Waals surface area contributed by atoms with Gasteiger partial charge in [0, 0.05) is 25.5 Å². The molecular formula is C20H29N9O4S. The minimum absolute atomic E-state index is 0.203. The van der Waals surface area contributed by atoms with Gasteiger partial charge >= 0.3 is 0 Å². The van der Waals surface area contributed by atoms with Gasteiger partial charge < -0.3 is 31.7 Å². The summed E-state index contributed by atoms with van der Waals surface area (Å²) in [7, 11) is 1.84. The lowest BCUT2D eigenvalue weighted by atomic mass is 10.1. The summed E-state index contributed by atoms with van der Waals surface area (Å²) in [6, 6.07) is -0.628. The highest BCUT2D eigenvalue weighted by atomic mass is 32.2. The molecule has 184 valence electrons. The average molecular weight is 492 g/mol. The van der Waals surface area contributed by atoms with Crippen LogP contribution in [0.15, 0.2) is 25.0 Å². The summed E-state index contributed by atoms with van der Waals surface area (Å²) >= 11 is 1.49. The molecule has 1 saturated heterocycles. The summed E-state index contributed by atoms with van der Waals surface area (Å²) < 4.78 is 9.17. The first-order valence-corrected chi connectivity index (χ1v) is 12.0. The Bertz CT molecular complexity index is 1120. The molecule has 7 N–H and O–H groups in total. The van der Waals surface area contributed by atoms with Crippen LogP contribution in [-0.2, 0) is 23.0 Å². The van der Waals surface area contributed by atoms with E-state index in [4.69, 9.17) is 16.2 Å². The van der Waals surface area contributed by atoms with Crippen LogP contribution in [0.4, 0.5) is 5.82 Å². The second-order valence-corrected chi connectivity index (χ2v) is 9.31. The lowest BCUT2D eigenvalue weighted by Crippen LogP contribution is -2.41. The Kier molecular flexibility index (Phi) is 7.63. The molecule has 13 nitrogen and oxygen atoms in total. The number of hydrogen-bond donors (Lipinski definition) is 5. The minimum atomic E-state index is -1.16. The highest BCUT2D eigenvalue weighted by Gasteiger charge is 2.44. The molecule has 0 bridgehead atoms. The number of aryl methyl sites for hydroxylation is 1. The maximum Gasteiger partial charge on any atom is 0.236 e. The van der Waals surface area contributed by atoms with E-state index >= 15 is 0 Å². The van der Waals surface area contributed by atoms with Crippen molar-refractivity contribution in [3.05, 3.63) is 30.6 Å². The molecule has 4 heterocycles. The summed E-state index contributed by atoms with van der Waals surface area (Å²) in [5, 5.41) is 27.9. The number of hydrogen-bond acceptors (Lipinski definition) is 11. The molecule has 0 radical (unpaired) electrons. The van der Waals surface area contributed by atoms with Crippen LogP contribution in [0.2, 0.25) is 0 Å². The van der Waals surface area contributed by atoms with E-state index in [1.807, 2.05) is 13.2 Å². The van der Waals surface area contributed by atoms with Crippen LogP contribution in [0.1, 0.15) is 18.2 Å². The first-order chi connectivity index (χ1) is 16.3. The zero-order chi connectivity index (χ0) is 24.2. The fraction of sp³-hybridized carbons (Fsp3) is 0.550. The quantitative estimate of drug-likeness (QED) is 0.209. The largest absolute Gasteiger partial charge is 0.387 e. The molecule has 1 aliphatic heterocycles. The van der Waals surface area contributed by atoms with Gasteiger partial charge in [-0.05, 0) is 24.2 Å². The first kappa shape index (κ1) is 24.3. The summed E-state index contributed by atoms with van der Waals surface area (Å²) in [5.74, 6) is 1.04. The number of fused-ring (bicyclic) bond motifs is 1.